The van der Waals surface area contributed by atoms with Gasteiger partial charge in [-0.2, -0.15) is 18.4 Å². The molecule has 0 amide bonds. The highest BCUT2D eigenvalue weighted by Gasteiger charge is 2.32. The van der Waals surface area contributed by atoms with Crippen LogP contribution in [-0.2, 0) is 29.0 Å². The van der Waals surface area contributed by atoms with Gasteiger partial charge in [-0.3, -0.25) is 0 Å². The van der Waals surface area contributed by atoms with E-state index in [0.29, 0.717) is 22.9 Å². The van der Waals surface area contributed by atoms with E-state index >= 15 is 0 Å². The number of aromatic nitrogens is 1. The summed E-state index contributed by atoms with van der Waals surface area (Å²) in [5, 5.41) is 9.79. The number of hydrogen-bond donors (Lipinski definition) is 0. The van der Waals surface area contributed by atoms with E-state index in [4.69, 9.17) is 0 Å². The molecule has 0 bridgehead atoms. The van der Waals surface area contributed by atoms with E-state index in [9.17, 15) is 31.2 Å². The lowest BCUT2D eigenvalue weighted by Crippen LogP contribution is -2.15. The van der Waals surface area contributed by atoms with E-state index in [1.54, 1.807) is 4.57 Å². The number of benzene rings is 2. The molecule has 0 spiro atoms. The zero-order valence-corrected chi connectivity index (χ0v) is 18.0. The molecule has 1 aromatic heterocycles. The van der Waals surface area contributed by atoms with Crippen LogP contribution in [0.5, 0.6) is 0 Å². The molecular formula is C23H20F4N2O2S. The van der Waals surface area contributed by atoms with E-state index in [-0.39, 0.29) is 23.8 Å². The van der Waals surface area contributed by atoms with Gasteiger partial charge < -0.3 is 4.57 Å². The molecule has 1 atom stereocenters. The first-order valence-electron chi connectivity index (χ1n) is 10.1. The minimum Gasteiger partial charge on any atom is -0.339 e. The van der Waals surface area contributed by atoms with Crippen molar-refractivity contribution in [2.75, 3.05) is 6.26 Å². The van der Waals surface area contributed by atoms with Gasteiger partial charge in [0.15, 0.2) is 9.84 Å². The lowest BCUT2D eigenvalue weighted by Gasteiger charge is -2.24. The van der Waals surface area contributed by atoms with Crippen LogP contribution in [0.3, 0.4) is 0 Å². The molecule has 32 heavy (non-hydrogen) atoms. The molecule has 4 nitrogen and oxygen atoms in total. The number of aryl methyl sites for hydroxylation is 1. The summed E-state index contributed by atoms with van der Waals surface area (Å²) in [4.78, 5) is -0.162. The number of hydrogen-bond acceptors (Lipinski definition) is 3. The normalized spacial score (nSPS) is 16.7. The molecule has 1 unspecified atom stereocenters. The monoisotopic (exact) mass is 464 g/mol. The van der Waals surface area contributed by atoms with E-state index < -0.39 is 27.4 Å². The number of nitrogens with zero attached hydrogens (tertiary/aromatic N) is 2. The Morgan fingerprint density at radius 2 is 1.88 bits per heavy atom. The number of alkyl halides is 3. The molecule has 0 saturated carbocycles. The second-order valence-corrected chi connectivity index (χ2v) is 10.2. The van der Waals surface area contributed by atoms with Gasteiger partial charge >= 0.3 is 6.18 Å². The Morgan fingerprint density at radius 1 is 1.19 bits per heavy atom. The summed E-state index contributed by atoms with van der Waals surface area (Å²) in [5.41, 5.74) is 1.68. The molecule has 0 fully saturated rings. The average molecular weight is 464 g/mol. The molecular weight excluding hydrogens is 444 g/mol. The Kier molecular flexibility index (Phi) is 5.53. The van der Waals surface area contributed by atoms with Crippen LogP contribution in [0.2, 0.25) is 0 Å². The van der Waals surface area contributed by atoms with Crippen LogP contribution in [0.4, 0.5) is 17.6 Å². The minimum absolute atomic E-state index is 0.111. The van der Waals surface area contributed by atoms with Crippen molar-refractivity contribution in [3.05, 3.63) is 64.6 Å². The van der Waals surface area contributed by atoms with Crippen molar-refractivity contribution < 1.29 is 26.0 Å². The predicted octanol–water partition coefficient (Wildman–Crippen LogP) is 5.58. The molecule has 2 aromatic carbocycles. The number of halogens is 4. The first-order chi connectivity index (χ1) is 15.0. The van der Waals surface area contributed by atoms with Crippen LogP contribution in [-0.4, -0.2) is 19.2 Å². The van der Waals surface area contributed by atoms with Crippen molar-refractivity contribution >= 4 is 20.7 Å². The largest absolute Gasteiger partial charge is 0.416 e. The minimum atomic E-state index is -4.46. The zero-order chi connectivity index (χ0) is 23.3. The number of rotatable bonds is 4. The molecule has 168 valence electrons. The lowest BCUT2D eigenvalue weighted by atomic mass is 9.85. The van der Waals surface area contributed by atoms with E-state index in [0.717, 1.165) is 48.6 Å². The van der Waals surface area contributed by atoms with Gasteiger partial charge in [-0.15, -0.1) is 0 Å². The quantitative estimate of drug-likeness (QED) is 0.473. The first-order valence-corrected chi connectivity index (χ1v) is 12.0. The lowest BCUT2D eigenvalue weighted by molar-refractivity contribution is -0.137. The molecule has 1 aliphatic rings. The highest BCUT2D eigenvalue weighted by molar-refractivity contribution is 7.91. The molecule has 1 heterocycles. The zero-order valence-electron chi connectivity index (χ0n) is 17.2. The molecule has 0 N–H and O–H groups in total. The van der Waals surface area contributed by atoms with Gasteiger partial charge in [-0.05, 0) is 54.7 Å². The summed E-state index contributed by atoms with van der Waals surface area (Å²) >= 11 is 0. The maximum atomic E-state index is 14.4. The van der Waals surface area contributed by atoms with Crippen molar-refractivity contribution in [2.24, 2.45) is 0 Å². The maximum Gasteiger partial charge on any atom is 0.416 e. The fraction of sp³-hybridized carbons (Fsp3) is 0.348. The Morgan fingerprint density at radius 3 is 2.47 bits per heavy atom. The van der Waals surface area contributed by atoms with Gasteiger partial charge in [0.2, 0.25) is 0 Å². The Labute approximate surface area is 183 Å². The number of fused-ring (bicyclic) bond motifs is 3. The van der Waals surface area contributed by atoms with Gasteiger partial charge in [-0.25, -0.2) is 12.8 Å². The molecule has 1 aliphatic carbocycles. The first kappa shape index (κ1) is 22.3. The molecule has 0 saturated heterocycles. The molecule has 0 radical (unpaired) electrons. The summed E-state index contributed by atoms with van der Waals surface area (Å²) in [6.45, 7) is 0.111. The van der Waals surface area contributed by atoms with Crippen molar-refractivity contribution in [1.29, 1.82) is 5.26 Å². The topological polar surface area (TPSA) is 62.9 Å². The van der Waals surface area contributed by atoms with Crippen molar-refractivity contribution in [2.45, 2.75) is 49.2 Å². The van der Waals surface area contributed by atoms with Crippen LogP contribution in [0, 0.1) is 17.1 Å². The Hall–Kier alpha value is -2.86. The van der Waals surface area contributed by atoms with Crippen molar-refractivity contribution in [3.63, 3.8) is 0 Å². The third-order valence-corrected chi connectivity index (χ3v) is 7.07. The highest BCUT2D eigenvalue weighted by atomic mass is 32.2. The Bertz CT molecular complexity index is 1330. The second-order valence-electron chi connectivity index (χ2n) is 8.17. The van der Waals surface area contributed by atoms with Gasteiger partial charge in [0, 0.05) is 36.2 Å². The molecule has 3 aromatic rings. The summed E-state index contributed by atoms with van der Waals surface area (Å²) in [5.74, 6) is -0.837. The van der Waals surface area contributed by atoms with Crippen molar-refractivity contribution in [3.8, 4) is 6.07 Å². The molecule has 9 heteroatoms. The smallest absolute Gasteiger partial charge is 0.339 e. The number of sulfone groups is 1. The van der Waals surface area contributed by atoms with Crippen LogP contribution in [0.15, 0.2) is 41.3 Å². The third-order valence-electron chi connectivity index (χ3n) is 5.96. The fourth-order valence-corrected chi connectivity index (χ4v) is 5.53. The van der Waals surface area contributed by atoms with Crippen LogP contribution >= 0.6 is 0 Å². The summed E-state index contributed by atoms with van der Waals surface area (Å²) in [6, 6.07) is 9.12. The SMILES string of the molecule is CS(=O)(=O)c1cc(F)cc2c3c(n(Cc4ccc(C(F)(F)F)cc4)c12)C(CC#N)CCC3. The van der Waals surface area contributed by atoms with Crippen LogP contribution in [0.25, 0.3) is 10.9 Å². The fourth-order valence-electron chi connectivity index (χ4n) is 4.63. The third kappa shape index (κ3) is 3.99. The van der Waals surface area contributed by atoms with Gasteiger partial charge in [0.05, 0.1) is 22.0 Å². The summed E-state index contributed by atoms with van der Waals surface area (Å²) in [7, 11) is -3.80. The molecule has 0 aliphatic heterocycles. The van der Waals surface area contributed by atoms with Crippen molar-refractivity contribution in [1.82, 2.24) is 4.57 Å². The molecule has 4 rings (SSSR count). The average Bonchev–Trinajstić information content (AvgIpc) is 3.01. The summed E-state index contributed by atoms with van der Waals surface area (Å²) in [6.07, 6.45) is -1.13. The number of nitriles is 1. The van der Waals surface area contributed by atoms with E-state index in [1.807, 2.05) is 0 Å². The van der Waals surface area contributed by atoms with E-state index in [2.05, 4.69) is 6.07 Å². The van der Waals surface area contributed by atoms with E-state index in [1.165, 1.54) is 18.2 Å². The van der Waals surface area contributed by atoms with Crippen LogP contribution < -0.4 is 0 Å². The standard InChI is InChI=1S/C23H20F4N2O2S/c1-32(30,31)20-12-17(24)11-19-18-4-2-3-15(9-10-28)21(18)29(22(19)20)13-14-5-7-16(8-6-14)23(25,26)27/h5-8,11-12,15H,2-4,9,13H2,1H3. The Balaban J connectivity index is 1.98. The maximum absolute atomic E-state index is 14.4. The second kappa shape index (κ2) is 7.93. The van der Waals surface area contributed by atoms with Crippen LogP contribution in [0.1, 0.15) is 47.6 Å². The predicted molar refractivity (Wildman–Crippen MR) is 111 cm³/mol. The van der Waals surface area contributed by atoms with Gasteiger partial charge in [0.25, 0.3) is 0 Å². The highest BCUT2D eigenvalue weighted by Crippen LogP contribution is 2.42. The van der Waals surface area contributed by atoms with Gasteiger partial charge in [-0.1, -0.05) is 12.1 Å². The van der Waals surface area contributed by atoms with Gasteiger partial charge in [0.1, 0.15) is 5.82 Å². The summed E-state index contributed by atoms with van der Waals surface area (Å²) < 4.78 is 80.1.